The lowest BCUT2D eigenvalue weighted by molar-refractivity contribution is -0.143. The topological polar surface area (TPSA) is 87.7 Å². The maximum atomic E-state index is 14.1. The van der Waals surface area contributed by atoms with Gasteiger partial charge in [-0.05, 0) is 51.5 Å². The molecule has 2 atom stereocenters. The Balaban J connectivity index is 3.35. The number of carbonyl (C=O) groups is 3. The standard InChI is InChI=1S/C30H51N3O4/c1-8-10-12-17-21-33(28(35)25(22-23(3)4)32-29(36)37-30(5,6)7)26(24-18-14-13-15-19-24)27(34)31-20-16-11-9-2/h13-15,18-19,23,25-26H,8-12,16-17,20-22H2,1-7H3,(H,31,34)(H,32,36). The van der Waals surface area contributed by atoms with Gasteiger partial charge in [-0.25, -0.2) is 4.79 Å². The van der Waals surface area contributed by atoms with Crippen LogP contribution in [0.5, 0.6) is 0 Å². The summed E-state index contributed by atoms with van der Waals surface area (Å²) >= 11 is 0. The summed E-state index contributed by atoms with van der Waals surface area (Å²) in [5.74, 6) is -0.288. The van der Waals surface area contributed by atoms with E-state index in [1.807, 2.05) is 44.2 Å². The molecule has 0 saturated heterocycles. The lowest BCUT2D eigenvalue weighted by Crippen LogP contribution is -2.53. The molecule has 0 spiro atoms. The SMILES string of the molecule is CCCCCCN(C(=O)C(CC(C)C)NC(=O)OC(C)(C)C)C(C(=O)NCCCCC)c1ccccc1. The van der Waals surface area contributed by atoms with Crippen molar-refractivity contribution in [2.24, 2.45) is 5.92 Å². The normalized spacial score (nSPS) is 13.1. The molecule has 0 aliphatic carbocycles. The van der Waals surface area contributed by atoms with Crippen LogP contribution in [0.2, 0.25) is 0 Å². The predicted octanol–water partition coefficient (Wildman–Crippen LogP) is 6.38. The third-order valence-electron chi connectivity index (χ3n) is 5.99. The van der Waals surface area contributed by atoms with Crippen molar-refractivity contribution in [1.29, 1.82) is 0 Å². The lowest BCUT2D eigenvalue weighted by Gasteiger charge is -2.35. The Labute approximate surface area is 225 Å². The summed E-state index contributed by atoms with van der Waals surface area (Å²) in [6.45, 7) is 14.7. The van der Waals surface area contributed by atoms with Gasteiger partial charge in [-0.15, -0.1) is 0 Å². The maximum Gasteiger partial charge on any atom is 0.408 e. The largest absolute Gasteiger partial charge is 0.444 e. The number of ether oxygens (including phenoxy) is 1. The van der Waals surface area contributed by atoms with E-state index in [1.54, 1.807) is 25.7 Å². The van der Waals surface area contributed by atoms with Gasteiger partial charge in [0.05, 0.1) is 0 Å². The summed E-state index contributed by atoms with van der Waals surface area (Å²) in [6, 6.07) is 7.89. The first-order valence-electron chi connectivity index (χ1n) is 14.1. The average Bonchev–Trinajstić information content (AvgIpc) is 2.82. The van der Waals surface area contributed by atoms with Crippen LogP contribution in [0.3, 0.4) is 0 Å². The van der Waals surface area contributed by atoms with E-state index in [0.717, 1.165) is 50.5 Å². The van der Waals surface area contributed by atoms with Crippen LogP contribution in [0.1, 0.15) is 111 Å². The summed E-state index contributed by atoms with van der Waals surface area (Å²) in [7, 11) is 0. The molecule has 0 bridgehead atoms. The van der Waals surface area contributed by atoms with Gasteiger partial charge in [-0.2, -0.15) is 0 Å². The Bertz CT molecular complexity index is 805. The molecule has 3 amide bonds. The number of nitrogens with one attached hydrogen (secondary N) is 2. The highest BCUT2D eigenvalue weighted by Crippen LogP contribution is 2.25. The number of hydrogen-bond acceptors (Lipinski definition) is 4. The van der Waals surface area contributed by atoms with Crippen LogP contribution >= 0.6 is 0 Å². The molecule has 210 valence electrons. The summed E-state index contributed by atoms with van der Waals surface area (Å²) in [5.41, 5.74) is 0.0835. The Morgan fingerprint density at radius 2 is 1.54 bits per heavy atom. The van der Waals surface area contributed by atoms with E-state index in [4.69, 9.17) is 4.74 Å². The second kappa shape index (κ2) is 17.0. The molecule has 0 aromatic heterocycles. The van der Waals surface area contributed by atoms with Gasteiger partial charge in [0.15, 0.2) is 0 Å². The quantitative estimate of drug-likeness (QED) is 0.249. The van der Waals surface area contributed by atoms with Gasteiger partial charge in [-0.3, -0.25) is 9.59 Å². The van der Waals surface area contributed by atoms with E-state index < -0.39 is 23.8 Å². The van der Waals surface area contributed by atoms with E-state index in [0.29, 0.717) is 19.5 Å². The molecule has 0 radical (unpaired) electrons. The van der Waals surface area contributed by atoms with E-state index in [2.05, 4.69) is 24.5 Å². The summed E-state index contributed by atoms with van der Waals surface area (Å²) in [5, 5.41) is 5.87. The number of nitrogens with zero attached hydrogens (tertiary/aromatic N) is 1. The summed E-state index contributed by atoms with van der Waals surface area (Å²) < 4.78 is 5.46. The zero-order valence-corrected chi connectivity index (χ0v) is 24.3. The van der Waals surface area contributed by atoms with Crippen molar-refractivity contribution in [1.82, 2.24) is 15.5 Å². The minimum Gasteiger partial charge on any atom is -0.444 e. The highest BCUT2D eigenvalue weighted by Gasteiger charge is 2.36. The molecular weight excluding hydrogens is 466 g/mol. The van der Waals surface area contributed by atoms with Crippen LogP contribution in [-0.2, 0) is 14.3 Å². The van der Waals surface area contributed by atoms with Crippen molar-refractivity contribution >= 4 is 17.9 Å². The highest BCUT2D eigenvalue weighted by molar-refractivity contribution is 5.92. The molecule has 0 saturated carbocycles. The van der Waals surface area contributed by atoms with E-state index in [9.17, 15) is 14.4 Å². The number of rotatable bonds is 16. The third-order valence-corrected chi connectivity index (χ3v) is 5.99. The Kier molecular flexibility index (Phi) is 14.9. The zero-order valence-electron chi connectivity index (χ0n) is 24.3. The molecule has 0 aliphatic heterocycles. The second-order valence-electron chi connectivity index (χ2n) is 11.2. The summed E-state index contributed by atoms with van der Waals surface area (Å²) in [6.07, 6.45) is 6.70. The maximum absolute atomic E-state index is 14.1. The van der Waals surface area contributed by atoms with Crippen molar-refractivity contribution in [3.63, 3.8) is 0 Å². The van der Waals surface area contributed by atoms with Gasteiger partial charge < -0.3 is 20.3 Å². The first-order chi connectivity index (χ1) is 17.5. The van der Waals surface area contributed by atoms with Crippen LogP contribution in [0, 0.1) is 5.92 Å². The van der Waals surface area contributed by atoms with E-state index in [1.165, 1.54) is 0 Å². The minimum absolute atomic E-state index is 0.156. The van der Waals surface area contributed by atoms with Crippen molar-refractivity contribution in [2.45, 2.75) is 118 Å². The molecule has 2 N–H and O–H groups in total. The molecule has 7 heteroatoms. The Morgan fingerprint density at radius 3 is 2.11 bits per heavy atom. The second-order valence-corrected chi connectivity index (χ2v) is 11.2. The summed E-state index contributed by atoms with van der Waals surface area (Å²) in [4.78, 5) is 42.0. The average molecular weight is 518 g/mol. The van der Waals surface area contributed by atoms with Gasteiger partial charge in [0.1, 0.15) is 17.7 Å². The van der Waals surface area contributed by atoms with Crippen LogP contribution < -0.4 is 10.6 Å². The Hall–Kier alpha value is -2.57. The molecule has 2 unspecified atom stereocenters. The molecule has 1 aromatic rings. The van der Waals surface area contributed by atoms with Crippen molar-refractivity contribution in [3.8, 4) is 0 Å². The van der Waals surface area contributed by atoms with Gasteiger partial charge >= 0.3 is 6.09 Å². The number of hydrogen-bond donors (Lipinski definition) is 2. The number of amides is 3. The fraction of sp³-hybridized carbons (Fsp3) is 0.700. The van der Waals surface area contributed by atoms with E-state index >= 15 is 0 Å². The zero-order chi connectivity index (χ0) is 27.8. The molecule has 0 heterocycles. The van der Waals surface area contributed by atoms with Crippen LogP contribution in [0.15, 0.2) is 30.3 Å². The molecular formula is C30H51N3O4. The number of carbonyl (C=O) groups excluding carboxylic acids is 3. The highest BCUT2D eigenvalue weighted by atomic mass is 16.6. The van der Waals surface area contributed by atoms with Gasteiger partial charge in [0, 0.05) is 13.1 Å². The smallest absolute Gasteiger partial charge is 0.408 e. The molecule has 1 aromatic carbocycles. The molecule has 37 heavy (non-hydrogen) atoms. The first-order valence-corrected chi connectivity index (χ1v) is 14.1. The van der Waals surface area contributed by atoms with Crippen LogP contribution in [0.4, 0.5) is 4.79 Å². The van der Waals surface area contributed by atoms with E-state index in [-0.39, 0.29) is 17.7 Å². The first kappa shape index (κ1) is 32.5. The third kappa shape index (κ3) is 13.0. The number of unbranched alkanes of at least 4 members (excludes halogenated alkanes) is 5. The number of benzene rings is 1. The van der Waals surface area contributed by atoms with Gasteiger partial charge in [0.25, 0.3) is 0 Å². The van der Waals surface area contributed by atoms with Crippen molar-refractivity contribution in [3.05, 3.63) is 35.9 Å². The fourth-order valence-corrected chi connectivity index (χ4v) is 4.21. The monoisotopic (exact) mass is 517 g/mol. The fourth-order valence-electron chi connectivity index (χ4n) is 4.21. The van der Waals surface area contributed by atoms with Crippen molar-refractivity contribution in [2.75, 3.05) is 13.1 Å². The van der Waals surface area contributed by atoms with Crippen LogP contribution in [0.25, 0.3) is 0 Å². The Morgan fingerprint density at radius 1 is 0.919 bits per heavy atom. The molecule has 1 rings (SSSR count). The molecule has 0 fully saturated rings. The lowest BCUT2D eigenvalue weighted by atomic mass is 9.98. The number of alkyl carbamates (subject to hydrolysis) is 1. The molecule has 7 nitrogen and oxygen atoms in total. The van der Waals surface area contributed by atoms with Gasteiger partial charge in [-0.1, -0.05) is 90.1 Å². The molecule has 0 aliphatic rings. The van der Waals surface area contributed by atoms with Crippen LogP contribution in [-0.4, -0.2) is 47.5 Å². The predicted molar refractivity (Wildman–Crippen MR) is 150 cm³/mol. The van der Waals surface area contributed by atoms with Crippen molar-refractivity contribution < 1.29 is 19.1 Å². The minimum atomic E-state index is -0.792. The van der Waals surface area contributed by atoms with Gasteiger partial charge in [0.2, 0.25) is 11.8 Å².